The maximum Gasteiger partial charge on any atom is 0.144 e. The van der Waals surface area contributed by atoms with Gasteiger partial charge in [0.05, 0.1) is 23.2 Å². The predicted molar refractivity (Wildman–Crippen MR) is 111 cm³/mol. The van der Waals surface area contributed by atoms with Crippen molar-refractivity contribution in [1.29, 1.82) is 0 Å². The summed E-state index contributed by atoms with van der Waals surface area (Å²) in [6.07, 6.45) is 1.84. The zero-order valence-electron chi connectivity index (χ0n) is 15.9. The zero-order chi connectivity index (χ0) is 19.3. The van der Waals surface area contributed by atoms with E-state index in [1.807, 2.05) is 54.6 Å². The Morgan fingerprint density at radius 3 is 2.46 bits per heavy atom. The van der Waals surface area contributed by atoms with Gasteiger partial charge in [-0.15, -0.1) is 0 Å². The number of halogens is 1. The Bertz CT molecular complexity index is 1070. The second kappa shape index (κ2) is 8.26. The van der Waals surface area contributed by atoms with Gasteiger partial charge in [-0.2, -0.15) is 0 Å². The van der Waals surface area contributed by atoms with Gasteiger partial charge in [-0.1, -0.05) is 42.0 Å². The highest BCUT2D eigenvalue weighted by Gasteiger charge is 2.15. The third-order valence-corrected chi connectivity index (χ3v) is 4.84. The summed E-state index contributed by atoms with van der Waals surface area (Å²) in [5, 5.41) is 0. The van der Waals surface area contributed by atoms with Crippen molar-refractivity contribution in [2.75, 3.05) is 6.61 Å². The van der Waals surface area contributed by atoms with Gasteiger partial charge < -0.3 is 9.30 Å². The van der Waals surface area contributed by atoms with Crippen molar-refractivity contribution in [3.8, 4) is 17.1 Å². The van der Waals surface area contributed by atoms with Crippen LogP contribution >= 0.6 is 0 Å². The van der Waals surface area contributed by atoms with E-state index in [0.717, 1.165) is 36.2 Å². The van der Waals surface area contributed by atoms with Gasteiger partial charge in [-0.25, -0.2) is 9.37 Å². The lowest BCUT2D eigenvalue weighted by Gasteiger charge is -2.11. The van der Waals surface area contributed by atoms with E-state index in [1.165, 1.54) is 11.6 Å². The lowest BCUT2D eigenvalue weighted by Crippen LogP contribution is -2.04. The molecule has 0 radical (unpaired) electrons. The number of rotatable bonds is 7. The van der Waals surface area contributed by atoms with Crippen LogP contribution in [0.2, 0.25) is 0 Å². The lowest BCUT2D eigenvalue weighted by atomic mass is 10.2. The van der Waals surface area contributed by atoms with Crippen molar-refractivity contribution in [1.82, 2.24) is 9.55 Å². The maximum absolute atomic E-state index is 14.4. The van der Waals surface area contributed by atoms with Crippen LogP contribution in [0.15, 0.2) is 72.8 Å². The van der Waals surface area contributed by atoms with Crippen molar-refractivity contribution >= 4 is 11.0 Å². The molecule has 0 bridgehead atoms. The summed E-state index contributed by atoms with van der Waals surface area (Å²) in [7, 11) is 0. The second-order valence-electron chi connectivity index (χ2n) is 6.92. The smallest absolute Gasteiger partial charge is 0.144 e. The van der Waals surface area contributed by atoms with Gasteiger partial charge >= 0.3 is 0 Å². The molecule has 0 aliphatic heterocycles. The molecular formula is C24H23FN2O. The molecule has 28 heavy (non-hydrogen) atoms. The van der Waals surface area contributed by atoms with Gasteiger partial charge in [0, 0.05) is 6.54 Å². The van der Waals surface area contributed by atoms with E-state index in [1.54, 1.807) is 12.1 Å². The summed E-state index contributed by atoms with van der Waals surface area (Å²) in [4.78, 5) is 4.69. The molecule has 3 nitrogen and oxygen atoms in total. The van der Waals surface area contributed by atoms with Crippen LogP contribution in [0, 0.1) is 12.7 Å². The molecule has 0 saturated carbocycles. The van der Waals surface area contributed by atoms with Gasteiger partial charge in [0.15, 0.2) is 0 Å². The number of unbranched alkanes of at least 4 members (excludes halogenated alkanes) is 1. The molecule has 4 aromatic rings. The number of aromatic nitrogens is 2. The number of para-hydroxylation sites is 2. The Hall–Kier alpha value is -3.14. The zero-order valence-corrected chi connectivity index (χ0v) is 15.9. The van der Waals surface area contributed by atoms with Crippen molar-refractivity contribution in [3.63, 3.8) is 0 Å². The number of hydrogen-bond acceptors (Lipinski definition) is 2. The van der Waals surface area contributed by atoms with Gasteiger partial charge in [0.25, 0.3) is 0 Å². The Morgan fingerprint density at radius 1 is 0.893 bits per heavy atom. The first-order valence-corrected chi connectivity index (χ1v) is 9.62. The first kappa shape index (κ1) is 18.2. The second-order valence-corrected chi connectivity index (χ2v) is 6.92. The normalized spacial score (nSPS) is 11.1. The van der Waals surface area contributed by atoms with Crippen molar-refractivity contribution in [2.45, 2.75) is 26.3 Å². The summed E-state index contributed by atoms with van der Waals surface area (Å²) in [6, 6.07) is 22.9. The summed E-state index contributed by atoms with van der Waals surface area (Å²) in [5.74, 6) is 1.33. The molecule has 142 valence electrons. The minimum Gasteiger partial charge on any atom is -0.494 e. The van der Waals surface area contributed by atoms with Crippen molar-refractivity contribution < 1.29 is 9.13 Å². The standard InChI is InChI=1S/C24H23FN2O/c1-18-12-14-19(15-13-18)28-17-7-6-16-27-23-11-5-4-10-22(23)26-24(27)20-8-2-3-9-21(20)25/h2-5,8-15H,6-7,16-17H2,1H3. The monoisotopic (exact) mass is 374 g/mol. The highest BCUT2D eigenvalue weighted by Crippen LogP contribution is 2.27. The van der Waals surface area contributed by atoms with Crippen LogP contribution in [0.4, 0.5) is 4.39 Å². The number of aryl methyl sites for hydroxylation is 2. The number of nitrogens with zero attached hydrogens (tertiary/aromatic N) is 2. The number of fused-ring (bicyclic) bond motifs is 1. The third kappa shape index (κ3) is 3.91. The summed E-state index contributed by atoms with van der Waals surface area (Å²) in [5.41, 5.74) is 3.67. The van der Waals surface area contributed by atoms with E-state index in [4.69, 9.17) is 9.72 Å². The first-order valence-electron chi connectivity index (χ1n) is 9.62. The topological polar surface area (TPSA) is 27.1 Å². The van der Waals surface area contributed by atoms with E-state index in [0.29, 0.717) is 18.0 Å². The van der Waals surface area contributed by atoms with Crippen molar-refractivity contribution in [3.05, 3.63) is 84.2 Å². The highest BCUT2D eigenvalue weighted by molar-refractivity contribution is 5.80. The van der Waals surface area contributed by atoms with Gasteiger partial charge in [-0.3, -0.25) is 0 Å². The molecule has 0 N–H and O–H groups in total. The Balaban J connectivity index is 1.47. The maximum atomic E-state index is 14.4. The van der Waals surface area contributed by atoms with Gasteiger partial charge in [-0.05, 0) is 56.2 Å². The lowest BCUT2D eigenvalue weighted by molar-refractivity contribution is 0.303. The molecule has 0 aliphatic rings. The van der Waals surface area contributed by atoms with Crippen LogP contribution in [-0.4, -0.2) is 16.2 Å². The summed E-state index contributed by atoms with van der Waals surface area (Å²) >= 11 is 0. The largest absolute Gasteiger partial charge is 0.494 e. The number of benzene rings is 3. The quantitative estimate of drug-likeness (QED) is 0.370. The fourth-order valence-corrected chi connectivity index (χ4v) is 3.35. The Kier molecular flexibility index (Phi) is 5.38. The van der Waals surface area contributed by atoms with E-state index >= 15 is 0 Å². The van der Waals surface area contributed by atoms with Crippen LogP contribution in [0.3, 0.4) is 0 Å². The molecule has 1 heterocycles. The predicted octanol–water partition coefficient (Wildman–Crippen LogP) is 6.01. The number of hydrogen-bond donors (Lipinski definition) is 0. The fourth-order valence-electron chi connectivity index (χ4n) is 3.35. The molecule has 1 aromatic heterocycles. The number of imidazole rings is 1. The molecule has 0 atom stereocenters. The van der Waals surface area contributed by atoms with E-state index < -0.39 is 0 Å². The molecule has 0 aliphatic carbocycles. The van der Waals surface area contributed by atoms with Gasteiger partial charge in [0.2, 0.25) is 0 Å². The molecule has 0 fully saturated rings. The van der Waals surface area contributed by atoms with E-state index in [2.05, 4.69) is 11.5 Å². The van der Waals surface area contributed by atoms with E-state index in [-0.39, 0.29) is 5.82 Å². The first-order chi connectivity index (χ1) is 13.7. The van der Waals surface area contributed by atoms with Crippen LogP contribution in [-0.2, 0) is 6.54 Å². The molecule has 4 rings (SSSR count). The molecular weight excluding hydrogens is 351 g/mol. The van der Waals surface area contributed by atoms with Crippen LogP contribution in [0.5, 0.6) is 5.75 Å². The third-order valence-electron chi connectivity index (χ3n) is 4.84. The summed E-state index contributed by atoms with van der Waals surface area (Å²) in [6.45, 7) is 3.48. The minimum atomic E-state index is -0.248. The molecule has 0 amide bonds. The Morgan fingerprint density at radius 2 is 1.64 bits per heavy atom. The molecule has 0 spiro atoms. The van der Waals surface area contributed by atoms with Crippen LogP contribution in [0.25, 0.3) is 22.4 Å². The molecule has 4 heteroatoms. The summed E-state index contributed by atoms with van der Waals surface area (Å²) < 4.78 is 22.3. The average molecular weight is 374 g/mol. The van der Waals surface area contributed by atoms with Crippen LogP contribution in [0.1, 0.15) is 18.4 Å². The Labute approximate surface area is 164 Å². The number of ether oxygens (including phenoxy) is 1. The molecule has 3 aromatic carbocycles. The fraction of sp³-hybridized carbons (Fsp3) is 0.208. The van der Waals surface area contributed by atoms with Gasteiger partial charge in [0.1, 0.15) is 17.4 Å². The van der Waals surface area contributed by atoms with Crippen LogP contribution < -0.4 is 4.74 Å². The average Bonchev–Trinajstić information content (AvgIpc) is 3.08. The SMILES string of the molecule is Cc1ccc(OCCCCn2c(-c3ccccc3F)nc3ccccc32)cc1. The van der Waals surface area contributed by atoms with E-state index in [9.17, 15) is 4.39 Å². The molecule has 0 saturated heterocycles. The van der Waals surface area contributed by atoms with Crippen molar-refractivity contribution in [2.24, 2.45) is 0 Å². The highest BCUT2D eigenvalue weighted by atomic mass is 19.1. The molecule has 0 unspecified atom stereocenters. The minimum absolute atomic E-state index is 0.248.